The van der Waals surface area contributed by atoms with Crippen molar-refractivity contribution in [2.24, 2.45) is 0 Å². The Morgan fingerprint density at radius 2 is 1.93 bits per heavy atom. The smallest absolute Gasteiger partial charge is 0.0293 e. The molecular formula is C11H19N3. The topological polar surface area (TPSA) is 37.0 Å². The molecule has 0 saturated heterocycles. The number of likely N-dealkylation sites (N-methyl/N-ethyl adjacent to an activating group) is 1. The fraction of sp³-hybridized carbons (Fsp3) is 0.545. The zero-order chi connectivity index (χ0) is 10.4. The highest BCUT2D eigenvalue weighted by molar-refractivity contribution is 5.13. The zero-order valence-corrected chi connectivity index (χ0v) is 9.12. The Labute approximate surface area is 85.9 Å². The maximum atomic E-state index is 4.00. The third-order valence-electron chi connectivity index (χ3n) is 2.43. The summed E-state index contributed by atoms with van der Waals surface area (Å²) in [6.45, 7) is 5.30. The molecule has 3 nitrogen and oxygen atoms in total. The van der Waals surface area contributed by atoms with Crippen molar-refractivity contribution in [1.29, 1.82) is 0 Å². The van der Waals surface area contributed by atoms with E-state index >= 15 is 0 Å². The standard InChI is InChI=1S/C11H19N3/c1-9(12-3)8-14-10(2)11-4-6-13-7-5-11/h4-7,9-10,12,14H,8H2,1-3H3. The van der Waals surface area contributed by atoms with Crippen molar-refractivity contribution in [1.82, 2.24) is 15.6 Å². The molecule has 2 unspecified atom stereocenters. The van der Waals surface area contributed by atoms with Gasteiger partial charge in [0.05, 0.1) is 0 Å². The zero-order valence-electron chi connectivity index (χ0n) is 9.12. The lowest BCUT2D eigenvalue weighted by atomic mass is 10.1. The van der Waals surface area contributed by atoms with Gasteiger partial charge < -0.3 is 10.6 Å². The first-order chi connectivity index (χ1) is 6.74. The van der Waals surface area contributed by atoms with E-state index in [1.165, 1.54) is 5.56 Å². The van der Waals surface area contributed by atoms with Crippen LogP contribution in [0.25, 0.3) is 0 Å². The summed E-state index contributed by atoms with van der Waals surface area (Å²) in [6.07, 6.45) is 3.66. The van der Waals surface area contributed by atoms with E-state index in [9.17, 15) is 0 Å². The Kier molecular flexibility index (Phi) is 4.56. The number of aromatic nitrogens is 1. The van der Waals surface area contributed by atoms with Gasteiger partial charge in [-0.25, -0.2) is 0 Å². The molecule has 1 rings (SSSR count). The number of pyridine rings is 1. The summed E-state index contributed by atoms with van der Waals surface area (Å²) in [5.41, 5.74) is 1.28. The number of hydrogen-bond donors (Lipinski definition) is 2. The first-order valence-electron chi connectivity index (χ1n) is 5.04. The molecule has 3 heteroatoms. The molecule has 0 aliphatic rings. The largest absolute Gasteiger partial charge is 0.316 e. The van der Waals surface area contributed by atoms with Crippen molar-refractivity contribution in [3.05, 3.63) is 30.1 Å². The van der Waals surface area contributed by atoms with E-state index in [4.69, 9.17) is 0 Å². The van der Waals surface area contributed by atoms with Gasteiger partial charge in [-0.2, -0.15) is 0 Å². The van der Waals surface area contributed by atoms with E-state index in [0.29, 0.717) is 12.1 Å². The first-order valence-corrected chi connectivity index (χ1v) is 5.04. The van der Waals surface area contributed by atoms with E-state index in [-0.39, 0.29) is 0 Å². The molecule has 78 valence electrons. The van der Waals surface area contributed by atoms with Crippen LogP contribution in [-0.2, 0) is 0 Å². The number of hydrogen-bond acceptors (Lipinski definition) is 3. The van der Waals surface area contributed by atoms with Crippen LogP contribution in [0, 0.1) is 0 Å². The highest BCUT2D eigenvalue weighted by Gasteiger charge is 2.05. The van der Waals surface area contributed by atoms with Gasteiger partial charge in [0.25, 0.3) is 0 Å². The molecule has 0 aliphatic heterocycles. The SMILES string of the molecule is CNC(C)CNC(C)c1ccncc1. The van der Waals surface area contributed by atoms with Crippen LogP contribution in [0.3, 0.4) is 0 Å². The number of nitrogens with zero attached hydrogens (tertiary/aromatic N) is 1. The van der Waals surface area contributed by atoms with Crippen LogP contribution in [0.15, 0.2) is 24.5 Å². The van der Waals surface area contributed by atoms with Gasteiger partial charge in [-0.3, -0.25) is 4.98 Å². The van der Waals surface area contributed by atoms with E-state index in [1.54, 1.807) is 0 Å². The van der Waals surface area contributed by atoms with Gasteiger partial charge in [0.15, 0.2) is 0 Å². The van der Waals surface area contributed by atoms with Crippen LogP contribution < -0.4 is 10.6 Å². The van der Waals surface area contributed by atoms with Gasteiger partial charge in [0.2, 0.25) is 0 Å². The Morgan fingerprint density at radius 3 is 2.50 bits per heavy atom. The van der Waals surface area contributed by atoms with Crippen molar-refractivity contribution in [2.75, 3.05) is 13.6 Å². The molecular weight excluding hydrogens is 174 g/mol. The number of nitrogens with one attached hydrogen (secondary N) is 2. The fourth-order valence-corrected chi connectivity index (χ4v) is 1.23. The molecule has 0 amide bonds. The Balaban J connectivity index is 2.39. The molecule has 0 saturated carbocycles. The van der Waals surface area contributed by atoms with Crippen LogP contribution >= 0.6 is 0 Å². The normalized spacial score (nSPS) is 15.1. The lowest BCUT2D eigenvalue weighted by Gasteiger charge is -2.17. The minimum absolute atomic E-state index is 0.383. The average molecular weight is 193 g/mol. The molecule has 14 heavy (non-hydrogen) atoms. The predicted molar refractivity (Wildman–Crippen MR) is 59.2 cm³/mol. The Bertz CT molecular complexity index is 248. The Morgan fingerprint density at radius 1 is 1.29 bits per heavy atom. The third-order valence-corrected chi connectivity index (χ3v) is 2.43. The molecule has 0 spiro atoms. The van der Waals surface area contributed by atoms with Crippen molar-refractivity contribution < 1.29 is 0 Å². The van der Waals surface area contributed by atoms with Gasteiger partial charge in [0, 0.05) is 31.0 Å². The third kappa shape index (κ3) is 3.44. The summed E-state index contributed by atoms with van der Waals surface area (Å²) in [5.74, 6) is 0. The molecule has 2 atom stereocenters. The Hall–Kier alpha value is -0.930. The van der Waals surface area contributed by atoms with E-state index < -0.39 is 0 Å². The molecule has 1 heterocycles. The van der Waals surface area contributed by atoms with Crippen LogP contribution in [0.1, 0.15) is 25.5 Å². The molecule has 0 bridgehead atoms. The van der Waals surface area contributed by atoms with Crippen molar-refractivity contribution >= 4 is 0 Å². The molecule has 0 aromatic carbocycles. The first kappa shape index (κ1) is 11.1. The van der Waals surface area contributed by atoms with Gasteiger partial charge in [-0.15, -0.1) is 0 Å². The minimum Gasteiger partial charge on any atom is -0.316 e. The predicted octanol–water partition coefficient (Wildman–Crippen LogP) is 1.34. The highest BCUT2D eigenvalue weighted by atomic mass is 15.0. The quantitative estimate of drug-likeness (QED) is 0.741. The van der Waals surface area contributed by atoms with Crippen LogP contribution in [0.4, 0.5) is 0 Å². The average Bonchev–Trinajstić information content (AvgIpc) is 2.26. The van der Waals surface area contributed by atoms with Crippen molar-refractivity contribution in [3.63, 3.8) is 0 Å². The molecule has 0 fully saturated rings. The maximum absolute atomic E-state index is 4.00. The van der Waals surface area contributed by atoms with Crippen LogP contribution in [-0.4, -0.2) is 24.6 Å². The summed E-state index contributed by atoms with van der Waals surface area (Å²) >= 11 is 0. The monoisotopic (exact) mass is 193 g/mol. The molecule has 1 aromatic rings. The summed E-state index contributed by atoms with van der Waals surface area (Å²) in [5, 5.41) is 6.66. The highest BCUT2D eigenvalue weighted by Crippen LogP contribution is 2.09. The van der Waals surface area contributed by atoms with Crippen LogP contribution in [0.2, 0.25) is 0 Å². The molecule has 1 aromatic heterocycles. The van der Waals surface area contributed by atoms with Crippen molar-refractivity contribution in [2.45, 2.75) is 25.9 Å². The van der Waals surface area contributed by atoms with Gasteiger partial charge in [-0.1, -0.05) is 0 Å². The van der Waals surface area contributed by atoms with Gasteiger partial charge in [-0.05, 0) is 38.6 Å². The second-order valence-electron chi connectivity index (χ2n) is 3.60. The number of rotatable bonds is 5. The minimum atomic E-state index is 0.383. The fourth-order valence-electron chi connectivity index (χ4n) is 1.23. The van der Waals surface area contributed by atoms with Crippen LogP contribution in [0.5, 0.6) is 0 Å². The molecule has 2 N–H and O–H groups in total. The second-order valence-corrected chi connectivity index (χ2v) is 3.60. The summed E-state index contributed by atoms with van der Waals surface area (Å²) < 4.78 is 0. The van der Waals surface area contributed by atoms with Gasteiger partial charge in [0.1, 0.15) is 0 Å². The summed E-state index contributed by atoms with van der Waals surface area (Å²) in [4.78, 5) is 4.00. The van der Waals surface area contributed by atoms with Crippen molar-refractivity contribution in [3.8, 4) is 0 Å². The van der Waals surface area contributed by atoms with E-state index in [0.717, 1.165) is 6.54 Å². The molecule has 0 aliphatic carbocycles. The summed E-state index contributed by atoms with van der Waals surface area (Å²) in [7, 11) is 1.98. The molecule has 0 radical (unpaired) electrons. The van der Waals surface area contributed by atoms with E-state index in [2.05, 4.69) is 29.5 Å². The summed E-state index contributed by atoms with van der Waals surface area (Å²) in [6, 6.07) is 4.97. The maximum Gasteiger partial charge on any atom is 0.0293 e. The lowest BCUT2D eigenvalue weighted by Crippen LogP contribution is -2.35. The van der Waals surface area contributed by atoms with E-state index in [1.807, 2.05) is 31.6 Å². The van der Waals surface area contributed by atoms with Gasteiger partial charge >= 0.3 is 0 Å². The second kappa shape index (κ2) is 5.73. The lowest BCUT2D eigenvalue weighted by molar-refractivity contribution is 0.493.